The van der Waals surface area contributed by atoms with Crippen molar-refractivity contribution in [2.45, 2.75) is 37.1 Å². The Labute approximate surface area is 136 Å². The zero-order valence-corrected chi connectivity index (χ0v) is 13.8. The standard InChI is InChI=1S/C16H20N2O4S/c1-12-11-17(14-8-4-2-3-7-13(12)14)23(21,22)16-10-6-5-9-15(16)18(19)20/h3,5-7,9-10,12-14H,2,4,8,11H2,1H3. The summed E-state index contributed by atoms with van der Waals surface area (Å²) in [5, 5.41) is 11.2. The highest BCUT2D eigenvalue weighted by molar-refractivity contribution is 7.89. The molecule has 1 aromatic rings. The van der Waals surface area contributed by atoms with Crippen molar-refractivity contribution in [1.82, 2.24) is 4.31 Å². The highest BCUT2D eigenvalue weighted by atomic mass is 32.2. The maximum Gasteiger partial charge on any atom is 0.289 e. The predicted octanol–water partition coefficient (Wildman–Crippen LogP) is 2.96. The fourth-order valence-corrected chi connectivity index (χ4v) is 5.64. The summed E-state index contributed by atoms with van der Waals surface area (Å²) in [4.78, 5) is 10.4. The fraction of sp³-hybridized carbons (Fsp3) is 0.500. The molecule has 3 unspecified atom stereocenters. The normalized spacial score (nSPS) is 28.3. The first-order valence-electron chi connectivity index (χ1n) is 7.85. The van der Waals surface area contributed by atoms with Gasteiger partial charge in [0.2, 0.25) is 10.0 Å². The van der Waals surface area contributed by atoms with E-state index in [0.29, 0.717) is 6.54 Å². The summed E-state index contributed by atoms with van der Waals surface area (Å²) in [5.41, 5.74) is -0.354. The zero-order chi connectivity index (χ0) is 16.6. The number of nitrogens with zero attached hydrogens (tertiary/aromatic N) is 2. The van der Waals surface area contributed by atoms with Crippen LogP contribution < -0.4 is 0 Å². The van der Waals surface area contributed by atoms with E-state index in [1.54, 1.807) is 0 Å². The number of para-hydroxylation sites is 1. The summed E-state index contributed by atoms with van der Waals surface area (Å²) in [7, 11) is -3.88. The molecule has 0 amide bonds. The number of nitro benzene ring substituents is 1. The van der Waals surface area contributed by atoms with Crippen molar-refractivity contribution in [2.75, 3.05) is 6.54 Å². The van der Waals surface area contributed by atoms with Crippen molar-refractivity contribution >= 4 is 15.7 Å². The summed E-state index contributed by atoms with van der Waals surface area (Å²) < 4.78 is 27.6. The van der Waals surface area contributed by atoms with Crippen LogP contribution in [0.2, 0.25) is 0 Å². The van der Waals surface area contributed by atoms with Gasteiger partial charge < -0.3 is 0 Å². The van der Waals surface area contributed by atoms with E-state index < -0.39 is 14.9 Å². The number of hydrogen-bond acceptors (Lipinski definition) is 4. The molecule has 1 aliphatic heterocycles. The van der Waals surface area contributed by atoms with Gasteiger partial charge in [-0.3, -0.25) is 10.1 Å². The maximum absolute atomic E-state index is 13.1. The SMILES string of the molecule is CC1CN(S(=O)(=O)c2ccccc2[N+](=O)[O-])C2CCCC=CC12. The Balaban J connectivity index is 2.04. The number of allylic oxidation sites excluding steroid dienone is 1. The smallest absolute Gasteiger partial charge is 0.258 e. The Morgan fingerprint density at radius 3 is 2.78 bits per heavy atom. The average molecular weight is 336 g/mol. The van der Waals surface area contributed by atoms with Crippen LogP contribution in [-0.4, -0.2) is 30.2 Å². The van der Waals surface area contributed by atoms with Crippen molar-refractivity contribution in [3.8, 4) is 0 Å². The molecule has 1 aliphatic carbocycles. The largest absolute Gasteiger partial charge is 0.289 e. The molecule has 7 heteroatoms. The molecule has 1 aromatic carbocycles. The Morgan fingerprint density at radius 1 is 1.30 bits per heavy atom. The van der Waals surface area contributed by atoms with Crippen LogP contribution in [0, 0.1) is 22.0 Å². The van der Waals surface area contributed by atoms with Gasteiger partial charge in [-0.05, 0) is 37.2 Å². The molecule has 1 heterocycles. The van der Waals surface area contributed by atoms with Crippen molar-refractivity contribution < 1.29 is 13.3 Å². The Hall–Kier alpha value is -1.73. The highest BCUT2D eigenvalue weighted by Crippen LogP contribution is 2.40. The minimum absolute atomic E-state index is 0.103. The van der Waals surface area contributed by atoms with Crippen LogP contribution in [0.15, 0.2) is 41.3 Å². The van der Waals surface area contributed by atoms with Crippen LogP contribution in [0.1, 0.15) is 26.2 Å². The second kappa shape index (κ2) is 6.05. The average Bonchev–Trinajstić information content (AvgIpc) is 2.71. The zero-order valence-electron chi connectivity index (χ0n) is 13.0. The molecule has 0 N–H and O–H groups in total. The molecule has 3 atom stereocenters. The van der Waals surface area contributed by atoms with Gasteiger partial charge in [-0.1, -0.05) is 31.2 Å². The predicted molar refractivity (Wildman–Crippen MR) is 86.4 cm³/mol. The molecule has 2 aliphatic rings. The van der Waals surface area contributed by atoms with E-state index in [4.69, 9.17) is 0 Å². The van der Waals surface area contributed by atoms with E-state index in [1.807, 2.05) is 6.92 Å². The van der Waals surface area contributed by atoms with Crippen molar-refractivity contribution in [1.29, 1.82) is 0 Å². The summed E-state index contributed by atoms with van der Waals surface area (Å²) in [6, 6.07) is 5.49. The molecule has 23 heavy (non-hydrogen) atoms. The van der Waals surface area contributed by atoms with E-state index >= 15 is 0 Å². The Kier molecular flexibility index (Phi) is 4.25. The second-order valence-electron chi connectivity index (χ2n) is 6.28. The lowest BCUT2D eigenvalue weighted by molar-refractivity contribution is -0.387. The number of nitro groups is 1. The molecule has 0 aromatic heterocycles. The molecule has 3 rings (SSSR count). The van der Waals surface area contributed by atoms with Crippen LogP contribution in [0.5, 0.6) is 0 Å². The Morgan fingerprint density at radius 2 is 2.04 bits per heavy atom. The molecule has 124 valence electrons. The van der Waals surface area contributed by atoms with Gasteiger partial charge in [0.05, 0.1) is 4.92 Å². The van der Waals surface area contributed by atoms with Crippen LogP contribution in [0.4, 0.5) is 5.69 Å². The minimum Gasteiger partial charge on any atom is -0.258 e. The first-order chi connectivity index (χ1) is 10.9. The van der Waals surface area contributed by atoms with Crippen LogP contribution >= 0.6 is 0 Å². The lowest BCUT2D eigenvalue weighted by Crippen LogP contribution is -2.37. The maximum atomic E-state index is 13.1. The molecule has 1 fully saturated rings. The van der Waals surface area contributed by atoms with Crippen molar-refractivity contribution in [2.24, 2.45) is 11.8 Å². The van der Waals surface area contributed by atoms with E-state index in [0.717, 1.165) is 19.3 Å². The second-order valence-corrected chi connectivity index (χ2v) is 8.14. The highest BCUT2D eigenvalue weighted by Gasteiger charge is 2.45. The van der Waals surface area contributed by atoms with Crippen molar-refractivity contribution in [3.63, 3.8) is 0 Å². The van der Waals surface area contributed by atoms with E-state index in [2.05, 4.69) is 12.2 Å². The number of benzene rings is 1. The molecule has 0 radical (unpaired) electrons. The van der Waals surface area contributed by atoms with E-state index in [1.165, 1.54) is 28.6 Å². The topological polar surface area (TPSA) is 80.5 Å². The van der Waals surface area contributed by atoms with Gasteiger partial charge in [-0.2, -0.15) is 4.31 Å². The van der Waals surface area contributed by atoms with Crippen LogP contribution in [0.3, 0.4) is 0 Å². The van der Waals surface area contributed by atoms with Gasteiger partial charge in [-0.25, -0.2) is 8.42 Å². The third kappa shape index (κ3) is 2.79. The van der Waals surface area contributed by atoms with Gasteiger partial charge in [0.1, 0.15) is 0 Å². The number of sulfonamides is 1. The quantitative estimate of drug-likeness (QED) is 0.483. The minimum atomic E-state index is -3.88. The van der Waals surface area contributed by atoms with Gasteiger partial charge in [0, 0.05) is 18.7 Å². The molecular weight excluding hydrogens is 316 g/mol. The first-order valence-corrected chi connectivity index (χ1v) is 9.29. The summed E-state index contributed by atoms with van der Waals surface area (Å²) >= 11 is 0. The number of fused-ring (bicyclic) bond motifs is 1. The molecule has 0 saturated carbocycles. The van der Waals surface area contributed by atoms with Crippen LogP contribution in [-0.2, 0) is 10.0 Å². The fourth-order valence-electron chi connectivity index (χ4n) is 3.69. The monoisotopic (exact) mass is 336 g/mol. The number of rotatable bonds is 3. The van der Waals surface area contributed by atoms with Gasteiger partial charge in [0.25, 0.3) is 5.69 Å². The molecular formula is C16H20N2O4S. The van der Waals surface area contributed by atoms with Gasteiger partial charge >= 0.3 is 0 Å². The van der Waals surface area contributed by atoms with Gasteiger partial charge in [-0.15, -0.1) is 0 Å². The van der Waals surface area contributed by atoms with Crippen molar-refractivity contribution in [3.05, 3.63) is 46.5 Å². The number of hydrogen-bond donors (Lipinski definition) is 0. The summed E-state index contributed by atoms with van der Waals surface area (Å²) in [6.07, 6.45) is 6.94. The van der Waals surface area contributed by atoms with Gasteiger partial charge in [0.15, 0.2) is 4.90 Å². The summed E-state index contributed by atoms with van der Waals surface area (Å²) in [5.74, 6) is 0.405. The molecule has 1 saturated heterocycles. The molecule has 6 nitrogen and oxygen atoms in total. The van der Waals surface area contributed by atoms with Crippen LogP contribution in [0.25, 0.3) is 0 Å². The lowest BCUT2D eigenvalue weighted by Gasteiger charge is -2.25. The van der Waals surface area contributed by atoms with E-state index in [9.17, 15) is 18.5 Å². The Bertz CT molecular complexity index is 744. The third-order valence-corrected chi connectivity index (χ3v) is 6.76. The molecule has 0 spiro atoms. The first kappa shape index (κ1) is 16.1. The molecule has 0 bridgehead atoms. The summed E-state index contributed by atoms with van der Waals surface area (Å²) in [6.45, 7) is 2.45. The lowest BCUT2D eigenvalue weighted by atomic mass is 9.91. The van der Waals surface area contributed by atoms with E-state index in [-0.39, 0.29) is 28.5 Å². The third-order valence-electron chi connectivity index (χ3n) is 4.82.